The zero-order valence-corrected chi connectivity index (χ0v) is 14.0. The van der Waals surface area contributed by atoms with Gasteiger partial charge in [0.25, 0.3) is 0 Å². The molecule has 5 heteroatoms. The molecule has 2 rings (SSSR count). The molecule has 0 spiro atoms. The van der Waals surface area contributed by atoms with Crippen LogP contribution in [0.15, 0.2) is 23.1 Å². The lowest BCUT2D eigenvalue weighted by Crippen LogP contribution is -2.44. The fourth-order valence-corrected chi connectivity index (χ4v) is 4.71. The number of aryl methyl sites for hydroxylation is 2. The Morgan fingerprint density at radius 2 is 2.00 bits per heavy atom. The van der Waals surface area contributed by atoms with E-state index in [9.17, 15) is 8.42 Å². The highest BCUT2D eigenvalue weighted by Gasteiger charge is 2.33. The van der Waals surface area contributed by atoms with E-state index in [1.165, 1.54) is 0 Å². The van der Waals surface area contributed by atoms with Gasteiger partial charge < -0.3 is 5.32 Å². The third-order valence-corrected chi connectivity index (χ3v) is 6.33. The number of sulfonamides is 1. The topological polar surface area (TPSA) is 49.4 Å². The van der Waals surface area contributed by atoms with Gasteiger partial charge in [0.1, 0.15) is 0 Å². The largest absolute Gasteiger partial charge is 0.320 e. The normalized spacial score (nSPS) is 20.6. The van der Waals surface area contributed by atoms with Gasteiger partial charge in [-0.1, -0.05) is 12.5 Å². The summed E-state index contributed by atoms with van der Waals surface area (Å²) in [7, 11) is -1.47. The Bertz CT molecular complexity index is 584. The number of hydrogen-bond donors (Lipinski definition) is 1. The van der Waals surface area contributed by atoms with Gasteiger partial charge in [0, 0.05) is 12.6 Å². The van der Waals surface area contributed by atoms with E-state index in [1.807, 2.05) is 27.0 Å². The standard InChI is InChI=1S/C16H26N2O2S/c1-13-7-8-16(12-14(13)2)21(19,20)18-11-5-4-6-15(18)9-10-17-3/h7-8,12,15,17H,4-6,9-11H2,1-3H3. The van der Waals surface area contributed by atoms with Gasteiger partial charge in [0.05, 0.1) is 4.90 Å². The molecule has 1 unspecified atom stereocenters. The van der Waals surface area contributed by atoms with Crippen molar-refractivity contribution in [2.45, 2.75) is 50.5 Å². The van der Waals surface area contributed by atoms with E-state index in [1.54, 1.807) is 16.4 Å². The maximum atomic E-state index is 12.9. The monoisotopic (exact) mass is 310 g/mol. The summed E-state index contributed by atoms with van der Waals surface area (Å²) >= 11 is 0. The molecule has 1 saturated heterocycles. The van der Waals surface area contributed by atoms with E-state index in [2.05, 4.69) is 5.32 Å². The maximum Gasteiger partial charge on any atom is 0.243 e. The smallest absolute Gasteiger partial charge is 0.243 e. The van der Waals surface area contributed by atoms with Crippen LogP contribution in [-0.2, 0) is 10.0 Å². The van der Waals surface area contributed by atoms with Crippen LogP contribution in [0.3, 0.4) is 0 Å². The minimum absolute atomic E-state index is 0.123. The molecular formula is C16H26N2O2S. The molecule has 1 atom stereocenters. The Kier molecular flexibility index (Phi) is 5.41. The molecule has 1 N–H and O–H groups in total. The Balaban J connectivity index is 2.28. The van der Waals surface area contributed by atoms with E-state index in [0.29, 0.717) is 11.4 Å². The predicted molar refractivity (Wildman–Crippen MR) is 86.0 cm³/mol. The van der Waals surface area contributed by atoms with Crippen LogP contribution in [-0.4, -0.2) is 38.9 Å². The second-order valence-corrected chi connectivity index (χ2v) is 7.79. The van der Waals surface area contributed by atoms with Gasteiger partial charge >= 0.3 is 0 Å². The number of nitrogens with one attached hydrogen (secondary N) is 1. The van der Waals surface area contributed by atoms with Crippen molar-refractivity contribution >= 4 is 10.0 Å². The molecule has 0 amide bonds. The van der Waals surface area contributed by atoms with Gasteiger partial charge in [-0.3, -0.25) is 0 Å². The average molecular weight is 310 g/mol. The lowest BCUT2D eigenvalue weighted by Gasteiger charge is -2.34. The number of benzene rings is 1. The highest BCUT2D eigenvalue weighted by molar-refractivity contribution is 7.89. The molecule has 1 aromatic rings. The summed E-state index contributed by atoms with van der Waals surface area (Å²) in [5.74, 6) is 0. The zero-order valence-electron chi connectivity index (χ0n) is 13.2. The molecule has 0 bridgehead atoms. The van der Waals surface area contributed by atoms with Crippen molar-refractivity contribution in [3.05, 3.63) is 29.3 Å². The predicted octanol–water partition coefficient (Wildman–Crippen LogP) is 2.46. The first kappa shape index (κ1) is 16.5. The lowest BCUT2D eigenvalue weighted by atomic mass is 10.0. The van der Waals surface area contributed by atoms with E-state index < -0.39 is 10.0 Å². The SMILES string of the molecule is CNCCC1CCCCN1S(=O)(=O)c1ccc(C)c(C)c1. The van der Waals surface area contributed by atoms with Crippen LogP contribution in [0.25, 0.3) is 0 Å². The third-order valence-electron chi connectivity index (χ3n) is 4.39. The molecule has 0 aliphatic carbocycles. The summed E-state index contributed by atoms with van der Waals surface area (Å²) < 4.78 is 27.6. The van der Waals surface area contributed by atoms with Crippen LogP contribution in [0.4, 0.5) is 0 Å². The van der Waals surface area contributed by atoms with Crippen molar-refractivity contribution in [1.29, 1.82) is 0 Å². The first-order valence-electron chi connectivity index (χ1n) is 7.70. The number of hydrogen-bond acceptors (Lipinski definition) is 3. The van der Waals surface area contributed by atoms with Crippen LogP contribution in [0.5, 0.6) is 0 Å². The third kappa shape index (κ3) is 3.65. The Labute approximate surface area is 128 Å². The highest BCUT2D eigenvalue weighted by atomic mass is 32.2. The first-order chi connectivity index (χ1) is 9.96. The second-order valence-electron chi connectivity index (χ2n) is 5.90. The molecule has 0 radical (unpaired) electrons. The van der Waals surface area contributed by atoms with Crippen LogP contribution in [0, 0.1) is 13.8 Å². The van der Waals surface area contributed by atoms with Gasteiger partial charge in [0.2, 0.25) is 10.0 Å². The van der Waals surface area contributed by atoms with E-state index >= 15 is 0 Å². The van der Waals surface area contributed by atoms with Crippen molar-refractivity contribution < 1.29 is 8.42 Å². The first-order valence-corrected chi connectivity index (χ1v) is 9.14. The van der Waals surface area contributed by atoms with Gasteiger partial charge in [-0.2, -0.15) is 4.31 Å². The quantitative estimate of drug-likeness (QED) is 0.909. The Morgan fingerprint density at radius 1 is 1.24 bits per heavy atom. The van der Waals surface area contributed by atoms with Crippen molar-refractivity contribution in [3.63, 3.8) is 0 Å². The van der Waals surface area contributed by atoms with Crippen LogP contribution in [0.1, 0.15) is 36.8 Å². The van der Waals surface area contributed by atoms with E-state index in [0.717, 1.165) is 43.4 Å². The fraction of sp³-hybridized carbons (Fsp3) is 0.625. The maximum absolute atomic E-state index is 12.9. The van der Waals surface area contributed by atoms with Crippen molar-refractivity contribution in [3.8, 4) is 0 Å². The van der Waals surface area contributed by atoms with Gasteiger partial charge in [-0.15, -0.1) is 0 Å². The van der Waals surface area contributed by atoms with Crippen LogP contribution < -0.4 is 5.32 Å². The summed E-state index contributed by atoms with van der Waals surface area (Å²) in [5, 5.41) is 3.12. The van der Waals surface area contributed by atoms with Crippen molar-refractivity contribution in [2.75, 3.05) is 20.1 Å². The number of piperidine rings is 1. The molecule has 21 heavy (non-hydrogen) atoms. The Hall–Kier alpha value is -0.910. The summed E-state index contributed by atoms with van der Waals surface area (Å²) in [6.45, 7) is 5.46. The van der Waals surface area contributed by atoms with Gasteiger partial charge in [0.15, 0.2) is 0 Å². The van der Waals surface area contributed by atoms with Gasteiger partial charge in [-0.05, 0) is 70.0 Å². The molecule has 1 aliphatic rings. The summed E-state index contributed by atoms with van der Waals surface area (Å²) in [6, 6.07) is 5.56. The van der Waals surface area contributed by atoms with Crippen molar-refractivity contribution in [1.82, 2.24) is 9.62 Å². The summed E-state index contributed by atoms with van der Waals surface area (Å²) in [4.78, 5) is 0.432. The molecule has 0 aromatic heterocycles. The average Bonchev–Trinajstić information content (AvgIpc) is 2.48. The minimum Gasteiger partial charge on any atom is -0.320 e. The summed E-state index contributed by atoms with van der Waals surface area (Å²) in [6.07, 6.45) is 3.92. The lowest BCUT2D eigenvalue weighted by molar-refractivity contribution is 0.240. The molecule has 0 saturated carbocycles. The second kappa shape index (κ2) is 6.90. The van der Waals surface area contributed by atoms with E-state index in [-0.39, 0.29) is 6.04 Å². The molecule has 1 aliphatic heterocycles. The minimum atomic E-state index is -3.38. The molecule has 4 nitrogen and oxygen atoms in total. The van der Waals surface area contributed by atoms with Crippen molar-refractivity contribution in [2.24, 2.45) is 0 Å². The Morgan fingerprint density at radius 3 is 2.67 bits per heavy atom. The van der Waals surface area contributed by atoms with E-state index in [4.69, 9.17) is 0 Å². The number of rotatable bonds is 5. The van der Waals surface area contributed by atoms with Gasteiger partial charge in [-0.25, -0.2) is 8.42 Å². The molecule has 1 aromatic carbocycles. The van der Waals surface area contributed by atoms with Crippen LogP contribution in [0.2, 0.25) is 0 Å². The fourth-order valence-electron chi connectivity index (χ4n) is 2.90. The van der Waals surface area contributed by atoms with Crippen LogP contribution >= 0.6 is 0 Å². The molecule has 1 fully saturated rings. The zero-order chi connectivity index (χ0) is 15.5. The molecular weight excluding hydrogens is 284 g/mol. The summed E-state index contributed by atoms with van der Waals surface area (Å²) in [5.41, 5.74) is 2.15. The number of nitrogens with zero attached hydrogens (tertiary/aromatic N) is 1. The molecule has 1 heterocycles. The molecule has 118 valence electrons. The highest BCUT2D eigenvalue weighted by Crippen LogP contribution is 2.27.